The summed E-state index contributed by atoms with van der Waals surface area (Å²) >= 11 is 0. The number of alkyl halides is 4. The molecule has 0 unspecified atom stereocenters. The van der Waals surface area contributed by atoms with Crippen molar-refractivity contribution in [2.75, 3.05) is 11.9 Å². The summed E-state index contributed by atoms with van der Waals surface area (Å²) in [5.41, 5.74) is 0.128. The predicted molar refractivity (Wildman–Crippen MR) is 72.9 cm³/mol. The predicted octanol–water partition coefficient (Wildman–Crippen LogP) is 3.01. The fraction of sp³-hybridized carbons (Fsp3) is 0.214. The molecular formula is C14H11F4N3O2. The molecule has 0 bridgehead atoms. The first-order valence-electron chi connectivity index (χ1n) is 6.36. The lowest BCUT2D eigenvalue weighted by molar-refractivity contribution is -0.148. The highest BCUT2D eigenvalue weighted by atomic mass is 19.3. The van der Waals surface area contributed by atoms with Gasteiger partial charge < -0.3 is 10.1 Å². The molecule has 2 aromatic heterocycles. The van der Waals surface area contributed by atoms with Crippen molar-refractivity contribution in [3.8, 4) is 5.88 Å². The maximum Gasteiger partial charge on any atom is 0.340 e. The number of aromatic nitrogens is 2. The average molecular weight is 329 g/mol. The molecule has 2 rings (SSSR count). The number of halogens is 4. The van der Waals surface area contributed by atoms with Gasteiger partial charge in [0.25, 0.3) is 5.91 Å². The summed E-state index contributed by atoms with van der Waals surface area (Å²) in [6.45, 7) is -1.50. The van der Waals surface area contributed by atoms with Gasteiger partial charge in [0.15, 0.2) is 6.61 Å². The Balaban J connectivity index is 1.95. The number of anilines is 1. The molecule has 0 saturated carbocycles. The standard InChI is InChI=1S/C14H11F4N3O2/c15-13(16)14(17,18)8-23-11-5-4-9(7-20-11)12(22)21-10-3-1-2-6-19-10/h1-7,13H,8H2,(H,19,21,22). The molecule has 2 aromatic rings. The van der Waals surface area contributed by atoms with Crippen molar-refractivity contribution < 1.29 is 27.1 Å². The molecule has 0 aromatic carbocycles. The van der Waals surface area contributed by atoms with Crippen LogP contribution in [0, 0.1) is 0 Å². The molecule has 122 valence electrons. The minimum absolute atomic E-state index is 0.128. The molecule has 1 amide bonds. The summed E-state index contributed by atoms with van der Waals surface area (Å²) in [4.78, 5) is 19.4. The lowest BCUT2D eigenvalue weighted by atomic mass is 10.2. The molecule has 0 aliphatic heterocycles. The third-order valence-corrected chi connectivity index (χ3v) is 2.64. The van der Waals surface area contributed by atoms with Crippen molar-refractivity contribution >= 4 is 11.7 Å². The van der Waals surface area contributed by atoms with Crippen molar-refractivity contribution in [3.05, 3.63) is 48.3 Å². The smallest absolute Gasteiger partial charge is 0.340 e. The van der Waals surface area contributed by atoms with E-state index in [0.717, 1.165) is 12.3 Å². The van der Waals surface area contributed by atoms with Crippen LogP contribution in [0.4, 0.5) is 23.4 Å². The van der Waals surface area contributed by atoms with Crippen LogP contribution in [0.2, 0.25) is 0 Å². The Kier molecular flexibility index (Phi) is 5.09. The van der Waals surface area contributed by atoms with Gasteiger partial charge in [0.2, 0.25) is 5.88 Å². The maximum absolute atomic E-state index is 12.7. The van der Waals surface area contributed by atoms with Crippen LogP contribution in [-0.4, -0.2) is 34.8 Å². The minimum atomic E-state index is -4.27. The highest BCUT2D eigenvalue weighted by Gasteiger charge is 2.41. The van der Waals surface area contributed by atoms with Crippen LogP contribution < -0.4 is 10.1 Å². The second-order valence-electron chi connectivity index (χ2n) is 4.40. The second kappa shape index (κ2) is 7.03. The van der Waals surface area contributed by atoms with Crippen LogP contribution in [-0.2, 0) is 0 Å². The molecule has 0 atom stereocenters. The van der Waals surface area contributed by atoms with Crippen molar-refractivity contribution in [2.45, 2.75) is 12.3 Å². The van der Waals surface area contributed by atoms with Crippen molar-refractivity contribution in [1.82, 2.24) is 9.97 Å². The van der Waals surface area contributed by atoms with Crippen LogP contribution in [0.1, 0.15) is 10.4 Å². The number of nitrogens with one attached hydrogen (secondary N) is 1. The Bertz CT molecular complexity index is 651. The monoisotopic (exact) mass is 329 g/mol. The molecule has 2 heterocycles. The zero-order chi connectivity index (χ0) is 16.9. The van der Waals surface area contributed by atoms with Crippen LogP contribution in [0.15, 0.2) is 42.7 Å². The largest absolute Gasteiger partial charge is 0.471 e. The van der Waals surface area contributed by atoms with Gasteiger partial charge in [-0.1, -0.05) is 6.07 Å². The normalized spacial score (nSPS) is 11.3. The third kappa shape index (κ3) is 4.63. The van der Waals surface area contributed by atoms with Crippen LogP contribution in [0.25, 0.3) is 0 Å². The molecule has 0 saturated heterocycles. The average Bonchev–Trinajstić information content (AvgIpc) is 2.54. The number of pyridine rings is 2. The number of carbonyl (C=O) groups excluding carboxylic acids is 1. The van der Waals surface area contributed by atoms with Crippen molar-refractivity contribution in [2.24, 2.45) is 0 Å². The Morgan fingerprint density at radius 3 is 2.57 bits per heavy atom. The first-order chi connectivity index (χ1) is 10.9. The molecule has 9 heteroatoms. The SMILES string of the molecule is O=C(Nc1ccccn1)c1ccc(OCC(F)(F)C(F)F)nc1. The van der Waals surface area contributed by atoms with E-state index in [4.69, 9.17) is 0 Å². The van der Waals surface area contributed by atoms with Crippen LogP contribution in [0.5, 0.6) is 5.88 Å². The Labute approximate surface area is 128 Å². The molecule has 0 aliphatic rings. The molecule has 23 heavy (non-hydrogen) atoms. The van der Waals surface area contributed by atoms with Gasteiger partial charge in [-0.2, -0.15) is 8.78 Å². The van der Waals surface area contributed by atoms with Gasteiger partial charge >= 0.3 is 12.3 Å². The van der Waals surface area contributed by atoms with E-state index >= 15 is 0 Å². The summed E-state index contributed by atoms with van der Waals surface area (Å²) in [7, 11) is 0. The van der Waals surface area contributed by atoms with Crippen LogP contribution >= 0.6 is 0 Å². The van der Waals surface area contributed by atoms with E-state index in [2.05, 4.69) is 20.0 Å². The molecular weight excluding hydrogens is 318 g/mol. The quantitative estimate of drug-likeness (QED) is 0.828. The van der Waals surface area contributed by atoms with Gasteiger partial charge in [0.05, 0.1) is 5.56 Å². The van der Waals surface area contributed by atoms with E-state index in [-0.39, 0.29) is 11.4 Å². The van der Waals surface area contributed by atoms with Gasteiger partial charge in [0, 0.05) is 18.5 Å². The van der Waals surface area contributed by atoms with E-state index < -0.39 is 24.9 Å². The number of hydrogen-bond donors (Lipinski definition) is 1. The zero-order valence-corrected chi connectivity index (χ0v) is 11.5. The Hall–Kier alpha value is -2.71. The Morgan fingerprint density at radius 2 is 2.00 bits per heavy atom. The van der Waals surface area contributed by atoms with Gasteiger partial charge in [-0.3, -0.25) is 4.79 Å². The van der Waals surface area contributed by atoms with E-state index in [1.54, 1.807) is 18.2 Å². The minimum Gasteiger partial charge on any atom is -0.471 e. The number of amides is 1. The van der Waals surface area contributed by atoms with E-state index in [1.807, 2.05) is 0 Å². The molecule has 5 nitrogen and oxygen atoms in total. The topological polar surface area (TPSA) is 64.1 Å². The van der Waals surface area contributed by atoms with E-state index in [9.17, 15) is 22.4 Å². The highest BCUT2D eigenvalue weighted by Crippen LogP contribution is 2.23. The van der Waals surface area contributed by atoms with Crippen molar-refractivity contribution in [3.63, 3.8) is 0 Å². The van der Waals surface area contributed by atoms with Crippen molar-refractivity contribution in [1.29, 1.82) is 0 Å². The highest BCUT2D eigenvalue weighted by molar-refractivity contribution is 6.03. The van der Waals surface area contributed by atoms with E-state index in [0.29, 0.717) is 5.82 Å². The first-order valence-corrected chi connectivity index (χ1v) is 6.36. The lowest BCUT2D eigenvalue weighted by Crippen LogP contribution is -2.33. The number of rotatable bonds is 6. The van der Waals surface area contributed by atoms with Gasteiger partial charge in [-0.05, 0) is 18.2 Å². The summed E-state index contributed by atoms with van der Waals surface area (Å²) in [5, 5.41) is 2.50. The second-order valence-corrected chi connectivity index (χ2v) is 4.40. The number of carbonyl (C=O) groups is 1. The van der Waals surface area contributed by atoms with Gasteiger partial charge in [0.1, 0.15) is 5.82 Å². The number of ether oxygens (including phenoxy) is 1. The molecule has 0 radical (unpaired) electrons. The Morgan fingerprint density at radius 1 is 1.22 bits per heavy atom. The molecule has 0 fully saturated rings. The summed E-state index contributed by atoms with van der Waals surface area (Å²) in [6, 6.07) is 7.34. The fourth-order valence-corrected chi connectivity index (χ4v) is 1.46. The summed E-state index contributed by atoms with van der Waals surface area (Å²) in [6.07, 6.45) is -1.26. The molecule has 0 aliphatic carbocycles. The maximum atomic E-state index is 12.7. The first kappa shape index (κ1) is 16.7. The number of nitrogens with zero attached hydrogens (tertiary/aromatic N) is 2. The fourth-order valence-electron chi connectivity index (χ4n) is 1.46. The lowest BCUT2D eigenvalue weighted by Gasteiger charge is -2.15. The molecule has 1 N–H and O–H groups in total. The summed E-state index contributed by atoms with van der Waals surface area (Å²) in [5.74, 6) is -4.74. The van der Waals surface area contributed by atoms with Gasteiger partial charge in [-0.15, -0.1) is 0 Å². The van der Waals surface area contributed by atoms with Gasteiger partial charge in [-0.25, -0.2) is 18.7 Å². The summed E-state index contributed by atoms with van der Waals surface area (Å²) < 4.78 is 53.9. The van der Waals surface area contributed by atoms with E-state index in [1.165, 1.54) is 12.3 Å². The third-order valence-electron chi connectivity index (χ3n) is 2.64. The number of hydrogen-bond acceptors (Lipinski definition) is 4. The zero-order valence-electron chi connectivity index (χ0n) is 11.5. The molecule has 0 spiro atoms. The van der Waals surface area contributed by atoms with Crippen LogP contribution in [0.3, 0.4) is 0 Å².